The maximum absolute atomic E-state index is 11.9. The number of halogens is 1. The monoisotopic (exact) mass is 260 g/mol. The van der Waals surface area contributed by atoms with E-state index in [9.17, 15) is 13.2 Å². The van der Waals surface area contributed by atoms with E-state index in [-0.39, 0.29) is 4.90 Å². The molecule has 0 fully saturated rings. The maximum Gasteiger partial charge on any atom is 0.405 e. The van der Waals surface area contributed by atoms with Gasteiger partial charge in [-0.2, -0.15) is 0 Å². The summed E-state index contributed by atoms with van der Waals surface area (Å²) in [4.78, 5) is 10.6. The zero-order valence-electron chi connectivity index (χ0n) is 8.17. The Morgan fingerprint density at radius 1 is 1.38 bits per heavy atom. The number of benzene rings is 1. The molecule has 0 bridgehead atoms. The van der Waals surface area contributed by atoms with Gasteiger partial charge in [0.2, 0.25) is 15.3 Å². The van der Waals surface area contributed by atoms with Crippen molar-refractivity contribution >= 4 is 26.9 Å². The third kappa shape index (κ3) is 2.84. The third-order valence-electron chi connectivity index (χ3n) is 1.78. The fraction of sp³-hybridized carbons (Fsp3) is 0.100. The van der Waals surface area contributed by atoms with Crippen molar-refractivity contribution in [2.75, 3.05) is 0 Å². The molecule has 0 radical (unpaired) electrons. The Kier molecular flexibility index (Phi) is 4.09. The Hall–Kier alpha value is -1.33. The second-order valence-electron chi connectivity index (χ2n) is 2.82. The van der Waals surface area contributed by atoms with Crippen molar-refractivity contribution < 1.29 is 17.9 Å². The minimum absolute atomic E-state index is 0.0396. The average molecular weight is 261 g/mol. The van der Waals surface area contributed by atoms with Crippen LogP contribution in [0.3, 0.4) is 0 Å². The number of carbonyl (C=O) groups is 1. The van der Waals surface area contributed by atoms with Crippen LogP contribution in [0.4, 0.5) is 4.79 Å². The molecule has 0 amide bonds. The first-order valence-corrected chi connectivity index (χ1v) is 6.18. The van der Waals surface area contributed by atoms with Crippen LogP contribution in [-0.2, 0) is 14.6 Å². The van der Waals surface area contributed by atoms with Gasteiger partial charge in [0.05, 0.1) is 4.90 Å². The number of ether oxygens (including phenoxy) is 1. The maximum atomic E-state index is 11.9. The standard InChI is InChI=1S/C10H9ClO4S/c1-2-9(15-10(11)12)16(13,14)8-6-4-3-5-7-8/h2-7,9H,1H2. The van der Waals surface area contributed by atoms with E-state index in [2.05, 4.69) is 11.3 Å². The van der Waals surface area contributed by atoms with Gasteiger partial charge in [0.15, 0.2) is 0 Å². The van der Waals surface area contributed by atoms with Crippen LogP contribution >= 0.6 is 11.6 Å². The van der Waals surface area contributed by atoms with Crippen molar-refractivity contribution in [1.29, 1.82) is 0 Å². The first-order chi connectivity index (χ1) is 7.48. The Labute approximate surface area is 98.4 Å². The number of hydrogen-bond acceptors (Lipinski definition) is 4. The topological polar surface area (TPSA) is 60.4 Å². The van der Waals surface area contributed by atoms with Crippen molar-refractivity contribution in [3.63, 3.8) is 0 Å². The van der Waals surface area contributed by atoms with E-state index < -0.39 is 20.7 Å². The summed E-state index contributed by atoms with van der Waals surface area (Å²) in [6, 6.07) is 7.60. The minimum atomic E-state index is -3.79. The lowest BCUT2D eigenvalue weighted by molar-refractivity contribution is 0.173. The molecule has 16 heavy (non-hydrogen) atoms. The van der Waals surface area contributed by atoms with Crippen LogP contribution < -0.4 is 0 Å². The van der Waals surface area contributed by atoms with Gasteiger partial charge in [0.1, 0.15) is 0 Å². The average Bonchev–Trinajstić information content (AvgIpc) is 2.26. The molecule has 0 heterocycles. The van der Waals surface area contributed by atoms with Gasteiger partial charge in [0.25, 0.3) is 0 Å². The molecule has 6 heteroatoms. The molecule has 0 aliphatic rings. The molecule has 0 aliphatic carbocycles. The van der Waals surface area contributed by atoms with Gasteiger partial charge in [-0.3, -0.25) is 0 Å². The van der Waals surface area contributed by atoms with Gasteiger partial charge >= 0.3 is 5.43 Å². The van der Waals surface area contributed by atoms with Gasteiger partial charge < -0.3 is 4.74 Å². The molecule has 1 unspecified atom stereocenters. The molecule has 0 aliphatic heterocycles. The number of rotatable bonds is 4. The molecule has 86 valence electrons. The fourth-order valence-corrected chi connectivity index (χ4v) is 2.49. The van der Waals surface area contributed by atoms with Gasteiger partial charge in [0, 0.05) is 11.6 Å². The Morgan fingerprint density at radius 2 is 1.94 bits per heavy atom. The molecule has 1 atom stereocenters. The second kappa shape index (κ2) is 5.14. The minimum Gasteiger partial charge on any atom is -0.429 e. The molecular formula is C10H9ClO4S. The third-order valence-corrected chi connectivity index (χ3v) is 3.70. The second-order valence-corrected chi connectivity index (χ2v) is 5.15. The molecule has 1 rings (SSSR count). The van der Waals surface area contributed by atoms with Crippen molar-refractivity contribution in [3.05, 3.63) is 43.0 Å². The lowest BCUT2D eigenvalue weighted by atomic mass is 10.4. The van der Waals surface area contributed by atoms with Gasteiger partial charge in [-0.15, -0.1) is 0 Å². The van der Waals surface area contributed by atoms with Crippen LogP contribution in [-0.4, -0.2) is 19.3 Å². The van der Waals surface area contributed by atoms with Crippen LogP contribution in [0.5, 0.6) is 0 Å². The summed E-state index contributed by atoms with van der Waals surface area (Å²) in [5.74, 6) is 0. The molecule has 0 aromatic heterocycles. The van der Waals surface area contributed by atoms with Crippen LogP contribution in [0.2, 0.25) is 0 Å². The molecule has 0 N–H and O–H groups in total. The van der Waals surface area contributed by atoms with E-state index in [1.54, 1.807) is 18.2 Å². The highest BCUT2D eigenvalue weighted by molar-refractivity contribution is 7.92. The predicted molar refractivity (Wildman–Crippen MR) is 59.9 cm³/mol. The number of sulfone groups is 1. The SMILES string of the molecule is C=CC(OC(=O)Cl)S(=O)(=O)c1ccccc1. The van der Waals surface area contributed by atoms with Gasteiger partial charge in [-0.1, -0.05) is 24.8 Å². The van der Waals surface area contributed by atoms with E-state index in [0.717, 1.165) is 6.08 Å². The largest absolute Gasteiger partial charge is 0.429 e. The highest BCUT2D eigenvalue weighted by Gasteiger charge is 2.27. The van der Waals surface area contributed by atoms with E-state index in [4.69, 9.17) is 11.6 Å². The van der Waals surface area contributed by atoms with Crippen LogP contribution in [0.15, 0.2) is 47.9 Å². The lowest BCUT2D eigenvalue weighted by Crippen LogP contribution is -2.23. The number of hydrogen-bond donors (Lipinski definition) is 0. The molecular weight excluding hydrogens is 252 g/mol. The fourth-order valence-electron chi connectivity index (χ4n) is 1.07. The predicted octanol–water partition coefficient (Wildman–Crippen LogP) is 2.35. The quantitative estimate of drug-likeness (QED) is 0.616. The highest BCUT2D eigenvalue weighted by Crippen LogP contribution is 2.18. The van der Waals surface area contributed by atoms with Crippen LogP contribution in [0, 0.1) is 0 Å². The normalized spacial score (nSPS) is 12.8. The van der Waals surface area contributed by atoms with Gasteiger partial charge in [-0.25, -0.2) is 13.2 Å². The van der Waals surface area contributed by atoms with Crippen molar-refractivity contribution in [3.8, 4) is 0 Å². The van der Waals surface area contributed by atoms with Crippen molar-refractivity contribution in [2.24, 2.45) is 0 Å². The Morgan fingerprint density at radius 3 is 2.38 bits per heavy atom. The van der Waals surface area contributed by atoms with Crippen LogP contribution in [0.25, 0.3) is 0 Å². The summed E-state index contributed by atoms with van der Waals surface area (Å²) >= 11 is 4.97. The Bertz CT molecular complexity index is 481. The molecule has 1 aromatic carbocycles. The molecule has 0 saturated heterocycles. The van der Waals surface area contributed by atoms with E-state index in [1.165, 1.54) is 12.1 Å². The lowest BCUT2D eigenvalue weighted by Gasteiger charge is -2.12. The van der Waals surface area contributed by atoms with Crippen LogP contribution in [0.1, 0.15) is 0 Å². The first kappa shape index (κ1) is 12.7. The molecule has 1 aromatic rings. The smallest absolute Gasteiger partial charge is 0.405 e. The molecule has 0 spiro atoms. The molecule has 4 nitrogen and oxygen atoms in total. The number of carbonyl (C=O) groups excluding carboxylic acids is 1. The summed E-state index contributed by atoms with van der Waals surface area (Å²) in [7, 11) is -3.79. The van der Waals surface area contributed by atoms with E-state index in [1.807, 2.05) is 0 Å². The van der Waals surface area contributed by atoms with Crippen molar-refractivity contribution in [1.82, 2.24) is 0 Å². The Balaban J connectivity index is 3.10. The highest BCUT2D eigenvalue weighted by atomic mass is 35.5. The van der Waals surface area contributed by atoms with E-state index >= 15 is 0 Å². The summed E-state index contributed by atoms with van der Waals surface area (Å²) in [5.41, 5.74) is -2.66. The zero-order valence-corrected chi connectivity index (χ0v) is 9.74. The summed E-state index contributed by atoms with van der Waals surface area (Å²) in [6.45, 7) is 3.29. The summed E-state index contributed by atoms with van der Waals surface area (Å²) in [5, 5.41) is 0. The first-order valence-electron chi connectivity index (χ1n) is 4.26. The summed E-state index contributed by atoms with van der Waals surface area (Å²) in [6.07, 6.45) is 1.00. The molecule has 0 saturated carbocycles. The summed E-state index contributed by atoms with van der Waals surface area (Å²) < 4.78 is 28.2. The van der Waals surface area contributed by atoms with Crippen molar-refractivity contribution in [2.45, 2.75) is 10.3 Å². The zero-order chi connectivity index (χ0) is 12.2. The van der Waals surface area contributed by atoms with E-state index in [0.29, 0.717) is 0 Å². The van der Waals surface area contributed by atoms with Gasteiger partial charge in [-0.05, 0) is 18.2 Å².